The van der Waals surface area contributed by atoms with Gasteiger partial charge in [0.25, 0.3) is 0 Å². The summed E-state index contributed by atoms with van der Waals surface area (Å²) < 4.78 is 5.68. The molecule has 2 amide bonds. The molecule has 0 spiro atoms. The molecule has 2 aliphatic rings. The number of alkyl carbamates (subject to hydrolysis) is 1. The Hall–Kier alpha value is -3.14. The van der Waals surface area contributed by atoms with Crippen LogP contribution in [0.4, 0.5) is 10.5 Å². The number of rotatable bonds is 10. The monoisotopic (exact) mass is 555 g/mol. The SMILES string of the molecule is CC(C)CN(CC(O)C(Cc1ccccc1)NC(=O)OC1CCC(C)C1)C1C(=O)Nc2cc(O)ccc21.CCO. The number of hydrogen-bond donors (Lipinski definition) is 5. The van der Waals surface area contributed by atoms with E-state index in [0.717, 1.165) is 30.4 Å². The molecule has 2 aromatic carbocycles. The van der Waals surface area contributed by atoms with Crippen molar-refractivity contribution < 1.29 is 29.6 Å². The van der Waals surface area contributed by atoms with Crippen LogP contribution in [0.2, 0.25) is 0 Å². The number of aliphatic hydroxyl groups excluding tert-OH is 2. The highest BCUT2D eigenvalue weighted by Gasteiger charge is 2.38. The van der Waals surface area contributed by atoms with Crippen molar-refractivity contribution in [3.63, 3.8) is 0 Å². The van der Waals surface area contributed by atoms with Gasteiger partial charge in [-0.2, -0.15) is 0 Å². The van der Waals surface area contributed by atoms with E-state index >= 15 is 0 Å². The third-order valence-electron chi connectivity index (χ3n) is 7.21. The quantitative estimate of drug-likeness (QED) is 0.297. The number of carbonyl (C=O) groups is 2. The summed E-state index contributed by atoms with van der Waals surface area (Å²) in [6, 6.07) is 13.3. The molecule has 40 heavy (non-hydrogen) atoms. The molecule has 5 atom stereocenters. The van der Waals surface area contributed by atoms with Crippen LogP contribution in [0.1, 0.15) is 64.1 Å². The van der Waals surface area contributed by atoms with E-state index in [1.165, 1.54) is 6.07 Å². The van der Waals surface area contributed by atoms with Crippen LogP contribution in [0.15, 0.2) is 48.5 Å². The molecule has 1 saturated carbocycles. The Bertz CT molecular complexity index is 1100. The Kier molecular flexibility index (Phi) is 11.8. The summed E-state index contributed by atoms with van der Waals surface area (Å²) in [7, 11) is 0. The molecule has 4 rings (SSSR count). The van der Waals surface area contributed by atoms with Crippen LogP contribution in [0.3, 0.4) is 0 Å². The molecule has 220 valence electrons. The largest absolute Gasteiger partial charge is 0.508 e. The fourth-order valence-electron chi connectivity index (χ4n) is 5.47. The lowest BCUT2D eigenvalue weighted by molar-refractivity contribution is -0.121. The number of nitrogens with zero attached hydrogens (tertiary/aromatic N) is 1. The van der Waals surface area contributed by atoms with Gasteiger partial charge in [-0.05, 0) is 56.1 Å². The molecule has 9 nitrogen and oxygen atoms in total. The van der Waals surface area contributed by atoms with Crippen molar-refractivity contribution in [2.24, 2.45) is 11.8 Å². The van der Waals surface area contributed by atoms with Gasteiger partial charge in [-0.25, -0.2) is 4.79 Å². The number of nitrogens with one attached hydrogen (secondary N) is 2. The predicted molar refractivity (Wildman–Crippen MR) is 155 cm³/mol. The van der Waals surface area contributed by atoms with Gasteiger partial charge in [0.05, 0.1) is 12.1 Å². The molecule has 9 heteroatoms. The molecule has 1 aliphatic heterocycles. The van der Waals surface area contributed by atoms with Crippen molar-refractivity contribution in [2.75, 3.05) is 25.0 Å². The number of carbonyl (C=O) groups excluding carboxylic acids is 2. The smallest absolute Gasteiger partial charge is 0.407 e. The third-order valence-corrected chi connectivity index (χ3v) is 7.21. The van der Waals surface area contributed by atoms with Gasteiger partial charge >= 0.3 is 6.09 Å². The fourth-order valence-corrected chi connectivity index (χ4v) is 5.47. The van der Waals surface area contributed by atoms with Gasteiger partial charge in [-0.15, -0.1) is 0 Å². The van der Waals surface area contributed by atoms with Gasteiger partial charge in [0, 0.05) is 37.0 Å². The second kappa shape index (κ2) is 15.0. The molecule has 0 radical (unpaired) electrons. The van der Waals surface area contributed by atoms with E-state index in [9.17, 15) is 19.8 Å². The van der Waals surface area contributed by atoms with E-state index in [4.69, 9.17) is 9.84 Å². The van der Waals surface area contributed by atoms with Crippen molar-refractivity contribution in [3.05, 3.63) is 59.7 Å². The third kappa shape index (κ3) is 8.94. The summed E-state index contributed by atoms with van der Waals surface area (Å²) in [6.45, 7) is 8.95. The Morgan fingerprint density at radius 3 is 2.48 bits per heavy atom. The Labute approximate surface area is 237 Å². The first-order chi connectivity index (χ1) is 19.1. The maximum atomic E-state index is 13.0. The number of phenolic OH excluding ortho intramolecular Hbond substituents is 1. The summed E-state index contributed by atoms with van der Waals surface area (Å²) in [6.07, 6.45) is 1.60. The zero-order valence-corrected chi connectivity index (χ0v) is 24.0. The minimum Gasteiger partial charge on any atom is -0.508 e. The highest BCUT2D eigenvalue weighted by atomic mass is 16.6. The summed E-state index contributed by atoms with van der Waals surface area (Å²) in [4.78, 5) is 27.8. The van der Waals surface area contributed by atoms with Crippen molar-refractivity contribution in [2.45, 2.75) is 77.7 Å². The molecule has 0 saturated heterocycles. The maximum absolute atomic E-state index is 13.0. The van der Waals surface area contributed by atoms with Gasteiger partial charge in [0.15, 0.2) is 0 Å². The molecule has 0 aromatic heterocycles. The highest BCUT2D eigenvalue weighted by Crippen LogP contribution is 2.37. The lowest BCUT2D eigenvalue weighted by Gasteiger charge is -2.34. The zero-order valence-electron chi connectivity index (χ0n) is 24.0. The highest BCUT2D eigenvalue weighted by molar-refractivity contribution is 6.02. The van der Waals surface area contributed by atoms with Crippen LogP contribution in [0.25, 0.3) is 0 Å². The number of ether oxygens (including phenoxy) is 1. The lowest BCUT2D eigenvalue weighted by atomic mass is 9.98. The van der Waals surface area contributed by atoms with Crippen molar-refractivity contribution >= 4 is 17.7 Å². The van der Waals surface area contributed by atoms with E-state index < -0.39 is 24.3 Å². The van der Waals surface area contributed by atoms with Gasteiger partial charge in [-0.1, -0.05) is 57.2 Å². The van der Waals surface area contributed by atoms with E-state index in [-0.39, 0.29) is 36.8 Å². The summed E-state index contributed by atoms with van der Waals surface area (Å²) >= 11 is 0. The van der Waals surface area contributed by atoms with Gasteiger partial charge in [0.1, 0.15) is 17.9 Å². The topological polar surface area (TPSA) is 131 Å². The molecule has 1 heterocycles. The maximum Gasteiger partial charge on any atom is 0.407 e. The molecular weight excluding hydrogens is 510 g/mol. The van der Waals surface area contributed by atoms with Crippen molar-refractivity contribution in [3.8, 4) is 5.75 Å². The van der Waals surface area contributed by atoms with Crippen LogP contribution in [-0.2, 0) is 16.0 Å². The van der Waals surface area contributed by atoms with E-state index in [1.54, 1.807) is 19.1 Å². The Balaban J connectivity index is 0.00000141. The number of aromatic hydroxyl groups is 1. The minimum atomic E-state index is -0.956. The second-order valence-electron chi connectivity index (χ2n) is 11.3. The number of hydrogen-bond acceptors (Lipinski definition) is 7. The molecule has 1 fully saturated rings. The standard InChI is InChI=1S/C29H39N3O5.C2H6O/c1-18(2)16-32(27-23-12-10-21(33)15-24(23)30-28(27)35)17-26(34)25(14-20-7-5-4-6-8-20)31-29(36)37-22-11-9-19(3)13-22;1-2-3/h4-8,10,12,15,18-19,22,25-27,33-34H,9,11,13-14,16-17H2,1-3H3,(H,30,35)(H,31,36);3H,2H2,1H3. The zero-order chi connectivity index (χ0) is 29.2. The molecule has 2 aromatic rings. The lowest BCUT2D eigenvalue weighted by Crippen LogP contribution is -2.51. The minimum absolute atomic E-state index is 0.0810. The molecular formula is C31H45N3O6. The fraction of sp³-hybridized carbons (Fsp3) is 0.548. The number of fused-ring (bicyclic) bond motifs is 1. The van der Waals surface area contributed by atoms with Crippen LogP contribution < -0.4 is 10.6 Å². The number of benzene rings is 2. The summed E-state index contributed by atoms with van der Waals surface area (Å²) in [5.74, 6) is 0.652. The van der Waals surface area contributed by atoms with Crippen LogP contribution >= 0.6 is 0 Å². The number of aliphatic hydroxyl groups is 2. The van der Waals surface area contributed by atoms with E-state index in [2.05, 4.69) is 31.4 Å². The van der Waals surface area contributed by atoms with E-state index in [0.29, 0.717) is 24.6 Å². The van der Waals surface area contributed by atoms with Crippen molar-refractivity contribution in [1.82, 2.24) is 10.2 Å². The Morgan fingerprint density at radius 1 is 1.15 bits per heavy atom. The van der Waals surface area contributed by atoms with Gasteiger partial charge < -0.3 is 30.7 Å². The normalized spacial score (nSPS) is 21.3. The average molecular weight is 556 g/mol. The number of anilines is 1. The molecule has 5 N–H and O–H groups in total. The molecule has 1 aliphatic carbocycles. The second-order valence-corrected chi connectivity index (χ2v) is 11.3. The summed E-state index contributed by atoms with van der Waals surface area (Å²) in [5.41, 5.74) is 2.32. The first kappa shape index (κ1) is 31.4. The average Bonchev–Trinajstić information content (AvgIpc) is 3.44. The predicted octanol–water partition coefficient (Wildman–Crippen LogP) is 4.23. The molecule has 0 bridgehead atoms. The summed E-state index contributed by atoms with van der Waals surface area (Å²) in [5, 5.41) is 34.7. The van der Waals surface area contributed by atoms with Gasteiger partial charge in [-0.3, -0.25) is 9.69 Å². The number of amides is 2. The Morgan fingerprint density at radius 2 is 1.85 bits per heavy atom. The van der Waals surface area contributed by atoms with Crippen LogP contribution in [-0.4, -0.2) is 70.2 Å². The van der Waals surface area contributed by atoms with Gasteiger partial charge in [0.2, 0.25) is 5.91 Å². The van der Waals surface area contributed by atoms with Crippen LogP contribution in [0.5, 0.6) is 5.75 Å². The van der Waals surface area contributed by atoms with E-state index in [1.807, 2.05) is 35.2 Å². The molecule has 5 unspecified atom stereocenters. The first-order valence-corrected chi connectivity index (χ1v) is 14.3. The first-order valence-electron chi connectivity index (χ1n) is 14.3. The number of phenols is 1. The van der Waals surface area contributed by atoms with Crippen molar-refractivity contribution in [1.29, 1.82) is 0 Å². The van der Waals surface area contributed by atoms with Crippen LogP contribution in [0, 0.1) is 11.8 Å².